The summed E-state index contributed by atoms with van der Waals surface area (Å²) in [5.74, 6) is -0.693. The van der Waals surface area contributed by atoms with Crippen molar-refractivity contribution in [3.63, 3.8) is 0 Å². The number of esters is 1. The molecule has 2 aliphatic rings. The Hall–Kier alpha value is -1.75. The van der Waals surface area contributed by atoms with Crippen LogP contribution in [0.2, 0.25) is 0 Å². The molecular formula is C19H26O9. The molecule has 9 nitrogen and oxygen atoms in total. The first kappa shape index (κ1) is 21.0. The summed E-state index contributed by atoms with van der Waals surface area (Å²) in [5, 5.41) is 49.7. The van der Waals surface area contributed by atoms with Gasteiger partial charge in [0.1, 0.15) is 36.8 Å². The molecular weight excluding hydrogens is 372 g/mol. The Labute approximate surface area is 162 Å². The van der Waals surface area contributed by atoms with Gasteiger partial charge in [-0.3, -0.25) is 0 Å². The van der Waals surface area contributed by atoms with Gasteiger partial charge in [0.15, 0.2) is 6.29 Å². The molecule has 28 heavy (non-hydrogen) atoms. The number of hydrogen-bond acceptors (Lipinski definition) is 9. The summed E-state index contributed by atoms with van der Waals surface area (Å²) in [6.45, 7) is -0.377. The van der Waals surface area contributed by atoms with Gasteiger partial charge in [0.25, 0.3) is 0 Å². The van der Waals surface area contributed by atoms with E-state index in [9.17, 15) is 30.3 Å². The van der Waals surface area contributed by atoms with Gasteiger partial charge in [-0.25, -0.2) is 4.79 Å². The minimum Gasteiger partial charge on any atom is -0.508 e. The number of ether oxygens (including phenoxy) is 3. The van der Waals surface area contributed by atoms with E-state index in [1.807, 2.05) is 0 Å². The average Bonchev–Trinajstić information content (AvgIpc) is 2.69. The summed E-state index contributed by atoms with van der Waals surface area (Å²) in [5.41, 5.74) is 0.196. The molecule has 1 aromatic rings. The summed E-state index contributed by atoms with van der Waals surface area (Å²) in [4.78, 5) is 12.1. The van der Waals surface area contributed by atoms with E-state index < -0.39 is 48.9 Å². The molecule has 1 heterocycles. The quantitative estimate of drug-likeness (QED) is 0.421. The van der Waals surface area contributed by atoms with Crippen LogP contribution in [0.3, 0.4) is 0 Å². The van der Waals surface area contributed by atoms with Crippen molar-refractivity contribution in [3.8, 4) is 5.75 Å². The van der Waals surface area contributed by atoms with Gasteiger partial charge < -0.3 is 39.7 Å². The third-order valence-corrected chi connectivity index (χ3v) is 5.13. The predicted molar refractivity (Wildman–Crippen MR) is 94.4 cm³/mol. The molecule has 2 fully saturated rings. The van der Waals surface area contributed by atoms with Gasteiger partial charge in [0.05, 0.1) is 17.8 Å². The fraction of sp³-hybridized carbons (Fsp3) is 0.632. The molecule has 7 atom stereocenters. The van der Waals surface area contributed by atoms with Crippen molar-refractivity contribution < 1.29 is 44.5 Å². The normalized spacial score (nSPS) is 36.1. The van der Waals surface area contributed by atoms with Gasteiger partial charge >= 0.3 is 5.97 Å². The molecule has 0 amide bonds. The molecule has 0 unspecified atom stereocenters. The Morgan fingerprint density at radius 2 is 1.68 bits per heavy atom. The van der Waals surface area contributed by atoms with E-state index in [2.05, 4.69) is 0 Å². The number of carbonyl (C=O) groups excluding carboxylic acids is 1. The lowest BCUT2D eigenvalue weighted by Crippen LogP contribution is -2.60. The van der Waals surface area contributed by atoms with Crippen LogP contribution >= 0.6 is 0 Å². The highest BCUT2D eigenvalue weighted by Gasteiger charge is 2.46. The minimum atomic E-state index is -1.56. The van der Waals surface area contributed by atoms with Crippen LogP contribution < -0.4 is 0 Å². The minimum absolute atomic E-state index is 0.00425. The number of benzene rings is 1. The van der Waals surface area contributed by atoms with Crippen molar-refractivity contribution in [3.05, 3.63) is 29.8 Å². The first-order chi connectivity index (χ1) is 13.4. The van der Waals surface area contributed by atoms with Crippen molar-refractivity contribution in [1.29, 1.82) is 0 Å². The molecule has 1 saturated carbocycles. The van der Waals surface area contributed by atoms with Gasteiger partial charge in [-0.2, -0.15) is 0 Å². The van der Waals surface area contributed by atoms with E-state index in [0.717, 1.165) is 12.8 Å². The SMILES string of the molecule is O=C(OC[C@H]1O[C@@H](O[C@@H]2CCCC[C@H]2O)[C@H](O)[C@@H](O)[C@@H]1O)c1ccc(O)cc1. The Balaban J connectivity index is 1.59. The largest absolute Gasteiger partial charge is 0.508 e. The van der Waals surface area contributed by atoms with E-state index in [4.69, 9.17) is 14.2 Å². The van der Waals surface area contributed by atoms with Crippen LogP contribution in [0.15, 0.2) is 24.3 Å². The van der Waals surface area contributed by atoms with Crippen LogP contribution in [0.25, 0.3) is 0 Å². The first-order valence-electron chi connectivity index (χ1n) is 9.36. The highest BCUT2D eigenvalue weighted by molar-refractivity contribution is 5.89. The molecule has 1 aliphatic carbocycles. The second-order valence-corrected chi connectivity index (χ2v) is 7.19. The number of aliphatic hydroxyl groups is 4. The summed E-state index contributed by atoms with van der Waals surface area (Å²) in [6, 6.07) is 5.43. The lowest BCUT2D eigenvalue weighted by Gasteiger charge is -2.42. The molecule has 9 heteroatoms. The van der Waals surface area contributed by atoms with Gasteiger partial charge in [-0.1, -0.05) is 12.8 Å². The van der Waals surface area contributed by atoms with Crippen LogP contribution in [0.4, 0.5) is 0 Å². The molecule has 0 spiro atoms. The van der Waals surface area contributed by atoms with E-state index in [0.29, 0.717) is 12.8 Å². The van der Waals surface area contributed by atoms with Gasteiger partial charge in [-0.15, -0.1) is 0 Å². The maximum atomic E-state index is 12.1. The van der Waals surface area contributed by atoms with E-state index in [1.54, 1.807) is 0 Å². The predicted octanol–water partition coefficient (Wildman–Crippen LogP) is -0.323. The second-order valence-electron chi connectivity index (χ2n) is 7.19. The van der Waals surface area contributed by atoms with Crippen LogP contribution in [-0.2, 0) is 14.2 Å². The second kappa shape index (κ2) is 9.17. The molecule has 0 radical (unpaired) electrons. The molecule has 5 N–H and O–H groups in total. The van der Waals surface area contributed by atoms with Gasteiger partial charge in [-0.05, 0) is 37.1 Å². The molecule has 3 rings (SSSR count). The smallest absolute Gasteiger partial charge is 0.338 e. The average molecular weight is 398 g/mol. The van der Waals surface area contributed by atoms with Crippen molar-refractivity contribution in [1.82, 2.24) is 0 Å². The Morgan fingerprint density at radius 3 is 2.36 bits per heavy atom. The summed E-state index contributed by atoms with van der Waals surface area (Å²) < 4.78 is 16.3. The maximum absolute atomic E-state index is 12.1. The van der Waals surface area contributed by atoms with Crippen LogP contribution in [0, 0.1) is 0 Å². The zero-order valence-corrected chi connectivity index (χ0v) is 15.3. The Morgan fingerprint density at radius 1 is 1.00 bits per heavy atom. The number of hydrogen-bond donors (Lipinski definition) is 5. The number of phenols is 1. The maximum Gasteiger partial charge on any atom is 0.338 e. The monoisotopic (exact) mass is 398 g/mol. The van der Waals surface area contributed by atoms with Crippen molar-refractivity contribution in [2.24, 2.45) is 0 Å². The van der Waals surface area contributed by atoms with E-state index in [-0.39, 0.29) is 17.9 Å². The Bertz CT molecular complexity index is 649. The third-order valence-electron chi connectivity index (χ3n) is 5.13. The first-order valence-corrected chi connectivity index (χ1v) is 9.36. The summed E-state index contributed by atoms with van der Waals surface area (Å²) >= 11 is 0. The van der Waals surface area contributed by atoms with E-state index in [1.165, 1.54) is 24.3 Å². The van der Waals surface area contributed by atoms with Gasteiger partial charge in [0.2, 0.25) is 0 Å². The number of carbonyl (C=O) groups is 1. The standard InChI is InChI=1S/C19H26O9/c20-11-7-5-10(6-8-11)18(25)26-9-14-15(22)16(23)17(24)19(28-14)27-13-4-2-1-3-12(13)21/h5-8,12-17,19-24H,1-4,9H2/t12-,13-,14-,15-,16+,17-,19-/m1/s1. The van der Waals surface area contributed by atoms with Crippen molar-refractivity contribution in [2.75, 3.05) is 6.61 Å². The highest BCUT2D eigenvalue weighted by atomic mass is 16.7. The van der Waals surface area contributed by atoms with Crippen molar-refractivity contribution >= 4 is 5.97 Å². The number of rotatable bonds is 5. The Kier molecular flexibility index (Phi) is 6.86. The summed E-state index contributed by atoms with van der Waals surface area (Å²) in [7, 11) is 0. The number of aliphatic hydroxyl groups excluding tert-OH is 4. The number of phenolic OH excluding ortho intramolecular Hbond substituents is 1. The highest BCUT2D eigenvalue weighted by Crippen LogP contribution is 2.28. The molecule has 0 bridgehead atoms. The molecule has 1 saturated heterocycles. The van der Waals surface area contributed by atoms with Gasteiger partial charge in [0, 0.05) is 0 Å². The number of aromatic hydroxyl groups is 1. The molecule has 1 aromatic carbocycles. The molecule has 156 valence electrons. The molecule has 1 aliphatic heterocycles. The van der Waals surface area contributed by atoms with E-state index >= 15 is 0 Å². The van der Waals surface area contributed by atoms with Crippen molar-refractivity contribution in [2.45, 2.75) is 68.6 Å². The zero-order chi connectivity index (χ0) is 20.3. The summed E-state index contributed by atoms with van der Waals surface area (Å²) in [6.07, 6.45) is -5.27. The topological polar surface area (TPSA) is 146 Å². The lowest BCUT2D eigenvalue weighted by atomic mass is 9.94. The fourth-order valence-electron chi connectivity index (χ4n) is 3.41. The fourth-order valence-corrected chi connectivity index (χ4v) is 3.41. The lowest BCUT2D eigenvalue weighted by molar-refractivity contribution is -0.318. The van der Waals surface area contributed by atoms with Crippen LogP contribution in [0.5, 0.6) is 5.75 Å². The van der Waals surface area contributed by atoms with Crippen LogP contribution in [-0.4, -0.2) is 81.0 Å². The zero-order valence-electron chi connectivity index (χ0n) is 15.3. The third kappa shape index (κ3) is 4.80. The molecule has 0 aromatic heterocycles. The van der Waals surface area contributed by atoms with Crippen LogP contribution in [0.1, 0.15) is 36.0 Å².